The van der Waals surface area contributed by atoms with E-state index in [1.165, 1.54) is 32.1 Å². The summed E-state index contributed by atoms with van der Waals surface area (Å²) in [5, 5.41) is 0. The van der Waals surface area contributed by atoms with Crippen LogP contribution in [0, 0.1) is 0 Å². The zero-order valence-corrected chi connectivity index (χ0v) is 12.7. The second-order valence-electron chi connectivity index (χ2n) is 5.06. The van der Waals surface area contributed by atoms with Crippen LogP contribution in [0.3, 0.4) is 0 Å². The van der Waals surface area contributed by atoms with E-state index in [2.05, 4.69) is 6.92 Å². The first-order chi connectivity index (χ1) is 8.35. The van der Waals surface area contributed by atoms with Crippen LogP contribution < -0.4 is 0 Å². The molecule has 2 atom stereocenters. The fourth-order valence-corrected chi connectivity index (χ4v) is 2.68. The third-order valence-corrected chi connectivity index (χ3v) is 3.76. The molecule has 0 radical (unpaired) electrons. The summed E-state index contributed by atoms with van der Waals surface area (Å²) >= 11 is 0. The van der Waals surface area contributed by atoms with Crippen molar-refractivity contribution in [1.82, 2.24) is 0 Å². The lowest BCUT2D eigenvalue weighted by molar-refractivity contribution is 0.0142. The van der Waals surface area contributed by atoms with Gasteiger partial charge in [-0.1, -0.05) is 45.4 Å². The van der Waals surface area contributed by atoms with E-state index in [1.54, 1.807) is 6.92 Å². The smallest absolute Gasteiger partial charge is 0.267 e. The molecule has 0 saturated carbocycles. The zero-order chi connectivity index (χ0) is 14.0. The monoisotopic (exact) mass is 280 g/mol. The highest BCUT2D eigenvalue weighted by Gasteiger charge is 2.15. The molecule has 0 fully saturated rings. The van der Waals surface area contributed by atoms with Crippen molar-refractivity contribution in [3.8, 4) is 0 Å². The molecule has 0 aliphatic heterocycles. The molecule has 1 N–H and O–H groups in total. The summed E-state index contributed by atoms with van der Waals surface area (Å²) in [6, 6.07) is 0. The third kappa shape index (κ3) is 12.3. The molecule has 2 unspecified atom stereocenters. The normalized spacial score (nSPS) is 15.6. The van der Waals surface area contributed by atoms with E-state index < -0.39 is 16.2 Å². The van der Waals surface area contributed by atoms with Gasteiger partial charge in [0.15, 0.2) is 0 Å². The summed E-state index contributed by atoms with van der Waals surface area (Å²) in [6.45, 7) is 5.82. The Kier molecular flexibility index (Phi) is 9.68. The molecule has 110 valence electrons. The molecule has 0 rings (SSSR count). The molecule has 0 heterocycles. The Morgan fingerprint density at radius 1 is 1.00 bits per heavy atom. The molecule has 0 amide bonds. The largest absolute Gasteiger partial charge is 0.374 e. The fourth-order valence-electron chi connectivity index (χ4n) is 2.01. The summed E-state index contributed by atoms with van der Waals surface area (Å²) in [5.74, 6) is -0.326. The molecule has 0 bridgehead atoms. The maximum absolute atomic E-state index is 10.7. The van der Waals surface area contributed by atoms with Crippen molar-refractivity contribution in [2.24, 2.45) is 0 Å². The SMILES string of the molecule is CCCCCCCCC(C)OC(C)CS(=O)(=O)O. The molecule has 0 aromatic heterocycles. The summed E-state index contributed by atoms with van der Waals surface area (Å²) in [5.41, 5.74) is 0. The first-order valence-electron chi connectivity index (χ1n) is 6.95. The second-order valence-corrected chi connectivity index (χ2v) is 6.56. The lowest BCUT2D eigenvalue weighted by atomic mass is 10.1. The van der Waals surface area contributed by atoms with Gasteiger partial charge < -0.3 is 4.74 Å². The van der Waals surface area contributed by atoms with Gasteiger partial charge in [-0.15, -0.1) is 0 Å². The quantitative estimate of drug-likeness (QED) is 0.465. The number of ether oxygens (including phenoxy) is 1. The van der Waals surface area contributed by atoms with Crippen molar-refractivity contribution < 1.29 is 17.7 Å². The number of hydrogen-bond acceptors (Lipinski definition) is 3. The van der Waals surface area contributed by atoms with Crippen LogP contribution in [-0.4, -0.2) is 30.9 Å². The lowest BCUT2D eigenvalue weighted by Crippen LogP contribution is -2.24. The van der Waals surface area contributed by atoms with Crippen LogP contribution in [0.4, 0.5) is 0 Å². The maximum Gasteiger partial charge on any atom is 0.267 e. The van der Waals surface area contributed by atoms with E-state index >= 15 is 0 Å². The molecular formula is C13H28O4S. The molecule has 4 nitrogen and oxygen atoms in total. The minimum atomic E-state index is -3.93. The minimum absolute atomic E-state index is 0.0490. The zero-order valence-electron chi connectivity index (χ0n) is 11.9. The van der Waals surface area contributed by atoms with Crippen molar-refractivity contribution in [3.63, 3.8) is 0 Å². The van der Waals surface area contributed by atoms with Gasteiger partial charge in [-0.25, -0.2) is 0 Å². The molecule has 0 aliphatic carbocycles. The van der Waals surface area contributed by atoms with Gasteiger partial charge in [-0.05, 0) is 20.3 Å². The van der Waals surface area contributed by atoms with Crippen molar-refractivity contribution in [3.05, 3.63) is 0 Å². The van der Waals surface area contributed by atoms with Crippen LogP contribution in [0.5, 0.6) is 0 Å². The Bertz CT molecular complexity index is 287. The van der Waals surface area contributed by atoms with Gasteiger partial charge in [0.25, 0.3) is 10.1 Å². The van der Waals surface area contributed by atoms with Crippen molar-refractivity contribution >= 4 is 10.1 Å². The Labute approximate surface area is 112 Å². The van der Waals surface area contributed by atoms with Crippen LogP contribution in [0.1, 0.15) is 65.7 Å². The van der Waals surface area contributed by atoms with E-state index in [0.717, 1.165) is 12.8 Å². The van der Waals surface area contributed by atoms with Crippen molar-refractivity contribution in [2.45, 2.75) is 77.9 Å². The Morgan fingerprint density at radius 3 is 2.11 bits per heavy atom. The summed E-state index contributed by atoms with van der Waals surface area (Å²) in [6.07, 6.45) is 7.99. The number of rotatable bonds is 11. The van der Waals surface area contributed by atoms with E-state index in [-0.39, 0.29) is 11.9 Å². The molecule has 0 aromatic carbocycles. The topological polar surface area (TPSA) is 63.6 Å². The van der Waals surface area contributed by atoms with E-state index in [9.17, 15) is 8.42 Å². The highest BCUT2D eigenvalue weighted by molar-refractivity contribution is 7.85. The fraction of sp³-hybridized carbons (Fsp3) is 1.00. The van der Waals surface area contributed by atoms with Crippen LogP contribution in [0.25, 0.3) is 0 Å². The van der Waals surface area contributed by atoms with Gasteiger partial charge in [0, 0.05) is 0 Å². The summed E-state index contributed by atoms with van der Waals surface area (Å²) in [7, 11) is -3.93. The lowest BCUT2D eigenvalue weighted by Gasteiger charge is -2.18. The first kappa shape index (κ1) is 17.9. The van der Waals surface area contributed by atoms with E-state index in [1.807, 2.05) is 6.92 Å². The molecule has 0 aromatic rings. The van der Waals surface area contributed by atoms with E-state index in [4.69, 9.17) is 9.29 Å². The average Bonchev–Trinajstić information content (AvgIpc) is 2.20. The Morgan fingerprint density at radius 2 is 1.56 bits per heavy atom. The average molecular weight is 280 g/mol. The molecule has 5 heteroatoms. The summed E-state index contributed by atoms with van der Waals surface area (Å²) in [4.78, 5) is 0. The van der Waals surface area contributed by atoms with Gasteiger partial charge in [0.05, 0.1) is 12.2 Å². The second kappa shape index (κ2) is 9.75. The van der Waals surface area contributed by atoms with Crippen molar-refractivity contribution in [2.75, 3.05) is 5.75 Å². The van der Waals surface area contributed by atoms with Gasteiger partial charge in [-0.2, -0.15) is 8.42 Å². The summed E-state index contributed by atoms with van der Waals surface area (Å²) < 4.78 is 35.5. The number of unbranched alkanes of at least 4 members (excludes halogenated alkanes) is 5. The first-order valence-corrected chi connectivity index (χ1v) is 8.56. The van der Waals surface area contributed by atoms with Crippen LogP contribution in [-0.2, 0) is 14.9 Å². The Balaban J connectivity index is 3.55. The highest BCUT2D eigenvalue weighted by atomic mass is 32.2. The molecule has 0 spiro atoms. The van der Waals surface area contributed by atoms with Gasteiger partial charge in [0.2, 0.25) is 0 Å². The molecule has 0 saturated heterocycles. The van der Waals surface area contributed by atoms with Crippen LogP contribution >= 0.6 is 0 Å². The van der Waals surface area contributed by atoms with Crippen LogP contribution in [0.15, 0.2) is 0 Å². The molecule has 0 aliphatic rings. The van der Waals surface area contributed by atoms with Gasteiger partial charge >= 0.3 is 0 Å². The maximum atomic E-state index is 10.7. The minimum Gasteiger partial charge on any atom is -0.374 e. The standard InChI is InChI=1S/C13H28O4S/c1-4-5-6-7-8-9-10-12(2)17-13(3)11-18(14,15)16/h12-13H,4-11H2,1-3H3,(H,14,15,16). The predicted octanol–water partition coefficient (Wildman–Crippen LogP) is 3.42. The molecule has 18 heavy (non-hydrogen) atoms. The van der Waals surface area contributed by atoms with Crippen molar-refractivity contribution in [1.29, 1.82) is 0 Å². The van der Waals surface area contributed by atoms with E-state index in [0.29, 0.717) is 0 Å². The Hall–Kier alpha value is -0.130. The predicted molar refractivity (Wildman–Crippen MR) is 74.4 cm³/mol. The third-order valence-electron chi connectivity index (χ3n) is 2.87. The number of hydrogen-bond donors (Lipinski definition) is 1. The van der Waals surface area contributed by atoms with Gasteiger partial charge in [-0.3, -0.25) is 4.55 Å². The van der Waals surface area contributed by atoms with Gasteiger partial charge in [0.1, 0.15) is 5.75 Å². The van der Waals surface area contributed by atoms with Crippen LogP contribution in [0.2, 0.25) is 0 Å². The highest BCUT2D eigenvalue weighted by Crippen LogP contribution is 2.11. The molecular weight excluding hydrogens is 252 g/mol.